The number of rotatable bonds is 4. The Kier molecular flexibility index (Phi) is 4.47. The summed E-state index contributed by atoms with van der Waals surface area (Å²) in [5, 5.41) is 0. The van der Waals surface area contributed by atoms with Crippen molar-refractivity contribution in [1.82, 2.24) is 14.9 Å². The molecule has 0 amide bonds. The van der Waals surface area contributed by atoms with Crippen molar-refractivity contribution in [2.75, 3.05) is 27.2 Å². The van der Waals surface area contributed by atoms with Crippen LogP contribution in [0.15, 0.2) is 12.3 Å². The number of ether oxygens (including phenoxy) is 1. The summed E-state index contributed by atoms with van der Waals surface area (Å²) in [5.41, 5.74) is 1.04. The van der Waals surface area contributed by atoms with Gasteiger partial charge in [0, 0.05) is 24.4 Å². The van der Waals surface area contributed by atoms with Crippen LogP contribution in [0.1, 0.15) is 43.1 Å². The summed E-state index contributed by atoms with van der Waals surface area (Å²) < 4.78 is 4.81. The van der Waals surface area contributed by atoms with Crippen LogP contribution >= 0.6 is 0 Å². The van der Waals surface area contributed by atoms with Crippen LogP contribution in [0.4, 0.5) is 0 Å². The second kappa shape index (κ2) is 6.10. The number of hydrogen-bond donors (Lipinski definition) is 0. The Morgan fingerprint density at radius 1 is 1.63 bits per heavy atom. The fraction of sp³-hybridized carbons (Fsp3) is 0.643. The number of methoxy groups -OCH3 is 1. The highest BCUT2D eigenvalue weighted by atomic mass is 16.5. The Morgan fingerprint density at radius 3 is 3.00 bits per heavy atom. The van der Waals surface area contributed by atoms with Gasteiger partial charge in [0.2, 0.25) is 0 Å². The number of nitrogens with zero attached hydrogens (tertiary/aromatic N) is 3. The minimum atomic E-state index is -0.357. The second-order valence-electron chi connectivity index (χ2n) is 5.07. The van der Waals surface area contributed by atoms with Crippen molar-refractivity contribution in [3.05, 3.63) is 23.8 Å². The molecule has 1 aromatic heterocycles. The average molecular weight is 263 g/mol. The standard InChI is InChI=1S/C14H21N3O2/c1-4-11(14(18)19-3)13-15-7-5-12(16-13)10-6-8-17(2)9-10/h5,7,10-11H,4,6,8-9H2,1-3H3. The van der Waals surface area contributed by atoms with E-state index in [1.54, 1.807) is 6.20 Å². The number of likely N-dealkylation sites (N-methyl/N-ethyl adjacent to an activating group) is 1. The third kappa shape index (κ3) is 3.10. The highest BCUT2D eigenvalue weighted by Gasteiger charge is 2.26. The topological polar surface area (TPSA) is 55.3 Å². The van der Waals surface area contributed by atoms with Gasteiger partial charge in [-0.15, -0.1) is 0 Å². The molecule has 2 rings (SSSR count). The van der Waals surface area contributed by atoms with Crippen molar-refractivity contribution in [2.45, 2.75) is 31.6 Å². The van der Waals surface area contributed by atoms with E-state index in [0.717, 1.165) is 25.2 Å². The summed E-state index contributed by atoms with van der Waals surface area (Å²) in [4.78, 5) is 22.8. The summed E-state index contributed by atoms with van der Waals surface area (Å²) in [6.07, 6.45) is 3.52. The van der Waals surface area contributed by atoms with E-state index in [-0.39, 0.29) is 11.9 Å². The minimum absolute atomic E-state index is 0.261. The van der Waals surface area contributed by atoms with E-state index < -0.39 is 0 Å². The molecule has 1 aliphatic heterocycles. The van der Waals surface area contributed by atoms with E-state index in [9.17, 15) is 4.79 Å². The molecule has 2 unspecified atom stereocenters. The zero-order valence-corrected chi connectivity index (χ0v) is 11.8. The molecule has 0 spiro atoms. The first-order valence-electron chi connectivity index (χ1n) is 6.75. The first kappa shape index (κ1) is 13.9. The summed E-state index contributed by atoms with van der Waals surface area (Å²) in [5.74, 6) is 0.413. The first-order chi connectivity index (χ1) is 9.15. The molecule has 1 fully saturated rings. The predicted molar refractivity (Wildman–Crippen MR) is 71.9 cm³/mol. The number of carbonyl (C=O) groups excluding carboxylic acids is 1. The molecule has 2 heterocycles. The SMILES string of the molecule is CCC(C(=O)OC)c1nccc(C2CCN(C)C2)n1. The van der Waals surface area contributed by atoms with Crippen LogP contribution in [-0.4, -0.2) is 48.1 Å². The Hall–Kier alpha value is -1.49. The minimum Gasteiger partial charge on any atom is -0.468 e. The molecular weight excluding hydrogens is 242 g/mol. The molecule has 1 aliphatic rings. The number of aromatic nitrogens is 2. The predicted octanol–water partition coefficient (Wildman–Crippen LogP) is 1.56. The van der Waals surface area contributed by atoms with Crippen molar-refractivity contribution in [3.63, 3.8) is 0 Å². The molecule has 0 N–H and O–H groups in total. The van der Waals surface area contributed by atoms with Crippen LogP contribution in [0.25, 0.3) is 0 Å². The van der Waals surface area contributed by atoms with Crippen molar-refractivity contribution < 1.29 is 9.53 Å². The lowest BCUT2D eigenvalue weighted by Gasteiger charge is -2.14. The molecule has 1 saturated heterocycles. The van der Waals surface area contributed by atoms with E-state index in [1.807, 2.05) is 13.0 Å². The molecule has 0 aliphatic carbocycles. The highest BCUT2D eigenvalue weighted by Crippen LogP contribution is 2.26. The molecule has 0 bridgehead atoms. The van der Waals surface area contributed by atoms with Gasteiger partial charge < -0.3 is 9.64 Å². The maximum Gasteiger partial charge on any atom is 0.316 e. The molecule has 0 aromatic carbocycles. The van der Waals surface area contributed by atoms with E-state index in [1.165, 1.54) is 7.11 Å². The first-order valence-corrected chi connectivity index (χ1v) is 6.75. The Balaban J connectivity index is 2.21. The largest absolute Gasteiger partial charge is 0.468 e. The van der Waals surface area contributed by atoms with Crippen molar-refractivity contribution in [1.29, 1.82) is 0 Å². The highest BCUT2D eigenvalue weighted by molar-refractivity contribution is 5.76. The van der Waals surface area contributed by atoms with Gasteiger partial charge in [0.25, 0.3) is 0 Å². The third-order valence-electron chi connectivity index (χ3n) is 3.71. The van der Waals surface area contributed by atoms with Gasteiger partial charge in [0.05, 0.1) is 7.11 Å². The van der Waals surface area contributed by atoms with Crippen LogP contribution in [0.3, 0.4) is 0 Å². The van der Waals surface area contributed by atoms with E-state index >= 15 is 0 Å². The van der Waals surface area contributed by atoms with Crippen LogP contribution in [-0.2, 0) is 9.53 Å². The Labute approximate surface area is 114 Å². The van der Waals surface area contributed by atoms with Gasteiger partial charge in [-0.3, -0.25) is 4.79 Å². The van der Waals surface area contributed by atoms with E-state index in [4.69, 9.17) is 4.74 Å². The molecule has 104 valence electrons. The van der Waals surface area contributed by atoms with Crippen LogP contribution in [0.5, 0.6) is 0 Å². The maximum atomic E-state index is 11.7. The average Bonchev–Trinajstić information content (AvgIpc) is 2.86. The van der Waals surface area contributed by atoms with Crippen LogP contribution in [0.2, 0.25) is 0 Å². The normalized spacial score (nSPS) is 21.3. The van der Waals surface area contributed by atoms with Gasteiger partial charge in [-0.2, -0.15) is 0 Å². The number of hydrogen-bond acceptors (Lipinski definition) is 5. The number of carbonyl (C=O) groups is 1. The van der Waals surface area contributed by atoms with Gasteiger partial charge in [0.15, 0.2) is 0 Å². The van der Waals surface area contributed by atoms with Crippen LogP contribution < -0.4 is 0 Å². The summed E-state index contributed by atoms with van der Waals surface area (Å²) in [6.45, 7) is 4.06. The lowest BCUT2D eigenvalue weighted by molar-refractivity contribution is -0.142. The van der Waals surface area contributed by atoms with Crippen LogP contribution in [0, 0.1) is 0 Å². The lowest BCUT2D eigenvalue weighted by Crippen LogP contribution is -2.18. The second-order valence-corrected chi connectivity index (χ2v) is 5.07. The number of likely N-dealkylation sites (tertiary alicyclic amines) is 1. The third-order valence-corrected chi connectivity index (χ3v) is 3.71. The van der Waals surface area contributed by atoms with Gasteiger partial charge >= 0.3 is 5.97 Å². The summed E-state index contributed by atoms with van der Waals surface area (Å²) in [6, 6.07) is 1.96. The zero-order chi connectivity index (χ0) is 13.8. The fourth-order valence-corrected chi connectivity index (χ4v) is 2.56. The summed E-state index contributed by atoms with van der Waals surface area (Å²) >= 11 is 0. The van der Waals surface area contributed by atoms with E-state index in [2.05, 4.69) is 21.9 Å². The molecule has 5 heteroatoms. The Morgan fingerprint density at radius 2 is 2.42 bits per heavy atom. The van der Waals surface area contributed by atoms with E-state index in [0.29, 0.717) is 18.2 Å². The van der Waals surface area contributed by atoms with Gasteiger partial charge in [-0.05, 0) is 32.5 Å². The lowest BCUT2D eigenvalue weighted by atomic mass is 10.0. The van der Waals surface area contributed by atoms with Gasteiger partial charge in [-0.25, -0.2) is 9.97 Å². The van der Waals surface area contributed by atoms with Gasteiger partial charge in [-0.1, -0.05) is 6.92 Å². The molecule has 0 saturated carbocycles. The fourth-order valence-electron chi connectivity index (χ4n) is 2.56. The number of esters is 1. The molecule has 1 aromatic rings. The van der Waals surface area contributed by atoms with Crippen molar-refractivity contribution in [3.8, 4) is 0 Å². The molecule has 0 radical (unpaired) electrons. The molecule has 2 atom stereocenters. The zero-order valence-electron chi connectivity index (χ0n) is 11.8. The van der Waals surface area contributed by atoms with Crippen molar-refractivity contribution >= 4 is 5.97 Å². The monoisotopic (exact) mass is 263 g/mol. The molecule has 5 nitrogen and oxygen atoms in total. The molecule has 19 heavy (non-hydrogen) atoms. The quantitative estimate of drug-likeness (QED) is 0.772. The maximum absolute atomic E-state index is 11.7. The molecular formula is C14H21N3O2. The Bertz CT molecular complexity index is 450. The summed E-state index contributed by atoms with van der Waals surface area (Å²) in [7, 11) is 3.52. The smallest absolute Gasteiger partial charge is 0.316 e. The van der Waals surface area contributed by atoms with Gasteiger partial charge in [0.1, 0.15) is 11.7 Å². The van der Waals surface area contributed by atoms with Crippen molar-refractivity contribution in [2.24, 2.45) is 0 Å².